The molecule has 8 nitrogen and oxygen atoms in total. The Bertz CT molecular complexity index is 799. The molecule has 9 heteroatoms. The first kappa shape index (κ1) is 19.6. The molecule has 2 fully saturated rings. The summed E-state index contributed by atoms with van der Waals surface area (Å²) in [6.45, 7) is 3.14. The van der Waals surface area contributed by atoms with Crippen molar-refractivity contribution in [3.8, 4) is 0 Å². The average Bonchev–Trinajstić information content (AvgIpc) is 3.46. The zero-order valence-corrected chi connectivity index (χ0v) is 16.1. The number of carbonyl (C=O) groups is 2. The Hall–Kier alpha value is -2.13. The molecule has 1 aromatic carbocycles. The van der Waals surface area contributed by atoms with Gasteiger partial charge in [-0.15, -0.1) is 0 Å². The van der Waals surface area contributed by atoms with Crippen LogP contribution in [0.4, 0.5) is 4.79 Å². The summed E-state index contributed by atoms with van der Waals surface area (Å²) in [5.41, 5.74) is 0.307. The fourth-order valence-corrected chi connectivity index (χ4v) is 4.33. The largest absolute Gasteiger partial charge is 0.450 e. The van der Waals surface area contributed by atoms with Crippen LogP contribution in [0.5, 0.6) is 0 Å². The van der Waals surface area contributed by atoms with E-state index in [0.717, 1.165) is 12.8 Å². The number of carbonyl (C=O) groups excluding carboxylic acids is 2. The summed E-state index contributed by atoms with van der Waals surface area (Å²) in [4.78, 5) is 26.0. The standard InChI is InChI=1S/C18H25N3O5S/c1-2-26-18(23)21-10-8-14(9-11-21)19-17(22)13-4-3-5-16(12-13)27(24,25)20-15-6-7-15/h3-5,12,14-15,20H,2,6-11H2,1H3,(H,19,22). The zero-order valence-electron chi connectivity index (χ0n) is 15.3. The van der Waals surface area contributed by atoms with E-state index in [-0.39, 0.29) is 29.0 Å². The third-order valence-corrected chi connectivity index (χ3v) is 6.18. The van der Waals surface area contributed by atoms with E-state index >= 15 is 0 Å². The number of hydrogen-bond donors (Lipinski definition) is 2. The quantitative estimate of drug-likeness (QED) is 0.759. The zero-order chi connectivity index (χ0) is 19.4. The van der Waals surface area contributed by atoms with Crippen molar-refractivity contribution >= 4 is 22.0 Å². The molecule has 1 saturated carbocycles. The molecule has 1 aliphatic heterocycles. The maximum Gasteiger partial charge on any atom is 0.409 e. The van der Waals surface area contributed by atoms with E-state index in [1.165, 1.54) is 12.1 Å². The van der Waals surface area contributed by atoms with Gasteiger partial charge in [0.05, 0.1) is 11.5 Å². The molecule has 2 amide bonds. The number of benzene rings is 1. The number of nitrogens with zero attached hydrogens (tertiary/aromatic N) is 1. The van der Waals surface area contributed by atoms with Crippen molar-refractivity contribution in [1.82, 2.24) is 14.9 Å². The fraction of sp³-hybridized carbons (Fsp3) is 0.556. The Kier molecular flexibility index (Phi) is 6.01. The monoisotopic (exact) mass is 395 g/mol. The summed E-state index contributed by atoms with van der Waals surface area (Å²) in [5, 5.41) is 2.93. The van der Waals surface area contributed by atoms with Crippen LogP contribution >= 0.6 is 0 Å². The summed E-state index contributed by atoms with van der Waals surface area (Å²) >= 11 is 0. The highest BCUT2D eigenvalue weighted by Gasteiger charge is 2.29. The highest BCUT2D eigenvalue weighted by molar-refractivity contribution is 7.89. The van der Waals surface area contributed by atoms with Gasteiger partial charge in [-0.25, -0.2) is 17.9 Å². The van der Waals surface area contributed by atoms with Gasteiger partial charge in [-0.2, -0.15) is 0 Å². The van der Waals surface area contributed by atoms with Crippen molar-refractivity contribution in [2.24, 2.45) is 0 Å². The molecule has 1 aromatic rings. The van der Waals surface area contributed by atoms with Gasteiger partial charge in [0, 0.05) is 30.7 Å². The Labute approximate surface area is 159 Å². The van der Waals surface area contributed by atoms with Crippen LogP contribution in [0.15, 0.2) is 29.2 Å². The van der Waals surface area contributed by atoms with E-state index in [1.807, 2.05) is 0 Å². The highest BCUT2D eigenvalue weighted by Crippen LogP contribution is 2.22. The molecule has 0 unspecified atom stereocenters. The average molecular weight is 395 g/mol. The van der Waals surface area contributed by atoms with E-state index < -0.39 is 10.0 Å². The Morgan fingerprint density at radius 1 is 1.15 bits per heavy atom. The minimum Gasteiger partial charge on any atom is -0.450 e. The SMILES string of the molecule is CCOC(=O)N1CCC(NC(=O)c2cccc(S(=O)(=O)NC3CC3)c2)CC1. The molecule has 0 spiro atoms. The maximum absolute atomic E-state index is 12.5. The number of sulfonamides is 1. The van der Waals surface area contributed by atoms with Crippen LogP contribution in [0.2, 0.25) is 0 Å². The molecular weight excluding hydrogens is 370 g/mol. The third kappa shape index (κ3) is 5.20. The number of hydrogen-bond acceptors (Lipinski definition) is 5. The molecule has 0 atom stereocenters. The smallest absolute Gasteiger partial charge is 0.409 e. The van der Waals surface area contributed by atoms with Crippen LogP contribution in [0.3, 0.4) is 0 Å². The van der Waals surface area contributed by atoms with E-state index in [9.17, 15) is 18.0 Å². The van der Waals surface area contributed by atoms with Crippen LogP contribution in [0, 0.1) is 0 Å². The molecule has 0 radical (unpaired) electrons. The van der Waals surface area contributed by atoms with Gasteiger partial charge in [-0.3, -0.25) is 4.79 Å². The summed E-state index contributed by atoms with van der Waals surface area (Å²) in [6, 6.07) is 6.00. The van der Waals surface area contributed by atoms with Gasteiger partial charge in [-0.1, -0.05) is 6.07 Å². The van der Waals surface area contributed by atoms with Gasteiger partial charge in [0.15, 0.2) is 0 Å². The predicted octanol–water partition coefficient (Wildman–Crippen LogP) is 1.48. The lowest BCUT2D eigenvalue weighted by Crippen LogP contribution is -2.46. The summed E-state index contributed by atoms with van der Waals surface area (Å²) < 4.78 is 32.2. The summed E-state index contributed by atoms with van der Waals surface area (Å²) in [6.07, 6.45) is 2.63. The molecule has 0 bridgehead atoms. The maximum atomic E-state index is 12.5. The van der Waals surface area contributed by atoms with E-state index in [4.69, 9.17) is 4.74 Å². The molecular formula is C18H25N3O5S. The number of rotatable bonds is 6. The second-order valence-corrected chi connectivity index (χ2v) is 8.57. The minimum atomic E-state index is -3.60. The van der Waals surface area contributed by atoms with Crippen LogP contribution in [0.25, 0.3) is 0 Å². The first-order chi connectivity index (χ1) is 12.9. The third-order valence-electron chi connectivity index (χ3n) is 4.66. The lowest BCUT2D eigenvalue weighted by Gasteiger charge is -2.31. The lowest BCUT2D eigenvalue weighted by molar-refractivity contribution is 0.0860. The van der Waals surface area contributed by atoms with Crippen molar-refractivity contribution in [2.75, 3.05) is 19.7 Å². The first-order valence-corrected chi connectivity index (χ1v) is 10.7. The molecule has 1 saturated heterocycles. The molecule has 148 valence electrons. The van der Waals surface area contributed by atoms with Crippen molar-refractivity contribution in [1.29, 1.82) is 0 Å². The molecule has 1 heterocycles. The van der Waals surface area contributed by atoms with E-state index in [0.29, 0.717) is 38.1 Å². The van der Waals surface area contributed by atoms with Crippen molar-refractivity contribution in [2.45, 2.75) is 49.6 Å². The van der Waals surface area contributed by atoms with Gasteiger partial charge in [0.1, 0.15) is 0 Å². The van der Waals surface area contributed by atoms with Crippen molar-refractivity contribution in [3.05, 3.63) is 29.8 Å². The van der Waals surface area contributed by atoms with Crippen molar-refractivity contribution in [3.63, 3.8) is 0 Å². The van der Waals surface area contributed by atoms with Gasteiger partial charge >= 0.3 is 6.09 Å². The normalized spacial score (nSPS) is 18.2. The van der Waals surface area contributed by atoms with Gasteiger partial charge in [-0.05, 0) is 50.8 Å². The second kappa shape index (κ2) is 8.26. The van der Waals surface area contributed by atoms with Crippen LogP contribution in [0.1, 0.15) is 43.0 Å². The predicted molar refractivity (Wildman–Crippen MR) is 98.9 cm³/mol. The van der Waals surface area contributed by atoms with Gasteiger partial charge in [0.2, 0.25) is 10.0 Å². The molecule has 2 N–H and O–H groups in total. The number of piperidine rings is 1. The number of nitrogens with one attached hydrogen (secondary N) is 2. The van der Waals surface area contributed by atoms with E-state index in [1.54, 1.807) is 24.0 Å². The van der Waals surface area contributed by atoms with Crippen LogP contribution < -0.4 is 10.0 Å². The molecule has 0 aromatic heterocycles. The molecule has 2 aliphatic rings. The summed E-state index contributed by atoms with van der Waals surface area (Å²) in [5.74, 6) is -0.312. The van der Waals surface area contributed by atoms with Crippen LogP contribution in [-0.2, 0) is 14.8 Å². The Morgan fingerprint density at radius 3 is 2.48 bits per heavy atom. The lowest BCUT2D eigenvalue weighted by atomic mass is 10.0. The first-order valence-electron chi connectivity index (χ1n) is 9.24. The van der Waals surface area contributed by atoms with Gasteiger partial charge < -0.3 is 15.0 Å². The summed E-state index contributed by atoms with van der Waals surface area (Å²) in [7, 11) is -3.60. The number of ether oxygens (including phenoxy) is 1. The van der Waals surface area contributed by atoms with Crippen molar-refractivity contribution < 1.29 is 22.7 Å². The number of likely N-dealkylation sites (tertiary alicyclic amines) is 1. The number of amides is 2. The Morgan fingerprint density at radius 2 is 1.85 bits per heavy atom. The fourth-order valence-electron chi connectivity index (χ4n) is 2.98. The Balaban J connectivity index is 1.57. The van der Waals surface area contributed by atoms with Crippen LogP contribution in [-0.4, -0.2) is 57.1 Å². The molecule has 27 heavy (non-hydrogen) atoms. The second-order valence-electron chi connectivity index (χ2n) is 6.86. The molecule has 3 rings (SSSR count). The molecule has 1 aliphatic carbocycles. The van der Waals surface area contributed by atoms with Gasteiger partial charge in [0.25, 0.3) is 5.91 Å². The highest BCUT2D eigenvalue weighted by atomic mass is 32.2. The van der Waals surface area contributed by atoms with E-state index in [2.05, 4.69) is 10.0 Å². The topological polar surface area (TPSA) is 105 Å². The minimum absolute atomic E-state index is 0.0112.